The van der Waals surface area contributed by atoms with Crippen molar-refractivity contribution in [2.45, 2.75) is 52.0 Å². The van der Waals surface area contributed by atoms with Gasteiger partial charge in [0, 0.05) is 12.6 Å². The highest BCUT2D eigenvalue weighted by Crippen LogP contribution is 2.02. The number of rotatable bonds is 8. The largest absolute Gasteiger partial charge is 0.329 e. The molecule has 3 N–H and O–H groups in total. The zero-order valence-electron chi connectivity index (χ0n) is 8.60. The van der Waals surface area contributed by atoms with Crippen molar-refractivity contribution in [2.24, 2.45) is 5.73 Å². The highest BCUT2D eigenvalue weighted by Gasteiger charge is 2.03. The molecule has 0 aromatic rings. The summed E-state index contributed by atoms with van der Waals surface area (Å²) in [4.78, 5) is 0. The van der Waals surface area contributed by atoms with Crippen LogP contribution in [0.25, 0.3) is 0 Å². The predicted octanol–water partition coefficient (Wildman–Crippen LogP) is 1.89. The smallest absolute Gasteiger partial charge is 0.0190 e. The van der Waals surface area contributed by atoms with Crippen molar-refractivity contribution in [1.82, 2.24) is 5.32 Å². The van der Waals surface area contributed by atoms with Gasteiger partial charge in [-0.1, -0.05) is 33.1 Å². The fourth-order valence-electron chi connectivity index (χ4n) is 1.29. The Morgan fingerprint density at radius 3 is 2.42 bits per heavy atom. The molecule has 0 fully saturated rings. The topological polar surface area (TPSA) is 38.0 Å². The molecule has 0 amide bonds. The fourth-order valence-corrected chi connectivity index (χ4v) is 1.29. The number of unbranched alkanes of at least 4 members (excludes halogenated alkanes) is 2. The van der Waals surface area contributed by atoms with E-state index in [1.54, 1.807) is 0 Å². The average Bonchev–Trinajstić information content (AvgIpc) is 2.11. The summed E-state index contributed by atoms with van der Waals surface area (Å²) in [6.07, 6.45) is 6.39. The maximum atomic E-state index is 5.63. The zero-order chi connectivity index (χ0) is 9.23. The Balaban J connectivity index is 3.26. The van der Waals surface area contributed by atoms with Crippen LogP contribution in [-0.4, -0.2) is 19.1 Å². The Kier molecular flexibility index (Phi) is 8.95. The first-order valence-corrected chi connectivity index (χ1v) is 5.28. The van der Waals surface area contributed by atoms with Crippen molar-refractivity contribution >= 4 is 0 Å². The predicted molar refractivity (Wildman–Crippen MR) is 55.3 cm³/mol. The van der Waals surface area contributed by atoms with Crippen LogP contribution in [-0.2, 0) is 0 Å². The molecule has 0 aromatic heterocycles. The van der Waals surface area contributed by atoms with E-state index in [0.717, 1.165) is 13.1 Å². The third kappa shape index (κ3) is 6.62. The van der Waals surface area contributed by atoms with Crippen LogP contribution < -0.4 is 11.1 Å². The van der Waals surface area contributed by atoms with Gasteiger partial charge in [0.25, 0.3) is 0 Å². The number of nitrogens with one attached hydrogen (secondary N) is 1. The van der Waals surface area contributed by atoms with Crippen molar-refractivity contribution in [1.29, 1.82) is 0 Å². The van der Waals surface area contributed by atoms with Gasteiger partial charge < -0.3 is 11.1 Å². The summed E-state index contributed by atoms with van der Waals surface area (Å²) in [5.74, 6) is 0. The summed E-state index contributed by atoms with van der Waals surface area (Å²) in [6, 6.07) is 0.552. The molecular formula is C10H24N2. The summed E-state index contributed by atoms with van der Waals surface area (Å²) in [7, 11) is 0. The van der Waals surface area contributed by atoms with Gasteiger partial charge in [-0.3, -0.25) is 0 Å². The molecule has 1 atom stereocenters. The minimum Gasteiger partial charge on any atom is -0.329 e. The standard InChI is InChI=1S/C10H24N2/c1-3-5-6-7-10(9-11)12-8-4-2/h10,12H,3-9,11H2,1-2H3. The minimum atomic E-state index is 0.552. The first kappa shape index (κ1) is 11.9. The van der Waals surface area contributed by atoms with Gasteiger partial charge in [0.05, 0.1) is 0 Å². The maximum Gasteiger partial charge on any atom is 0.0190 e. The number of hydrogen-bond donors (Lipinski definition) is 2. The van der Waals surface area contributed by atoms with Crippen molar-refractivity contribution in [3.63, 3.8) is 0 Å². The van der Waals surface area contributed by atoms with Crippen molar-refractivity contribution in [3.05, 3.63) is 0 Å². The molecule has 1 unspecified atom stereocenters. The van der Waals surface area contributed by atoms with E-state index in [9.17, 15) is 0 Å². The van der Waals surface area contributed by atoms with Gasteiger partial charge in [0.1, 0.15) is 0 Å². The first-order chi connectivity index (χ1) is 5.85. The maximum absolute atomic E-state index is 5.63. The van der Waals surface area contributed by atoms with E-state index in [4.69, 9.17) is 5.73 Å². The Morgan fingerprint density at radius 2 is 1.92 bits per heavy atom. The quantitative estimate of drug-likeness (QED) is 0.549. The third-order valence-corrected chi connectivity index (χ3v) is 2.12. The van der Waals surface area contributed by atoms with Gasteiger partial charge in [0.15, 0.2) is 0 Å². The molecule has 0 aromatic carbocycles. The lowest BCUT2D eigenvalue weighted by Crippen LogP contribution is -2.36. The van der Waals surface area contributed by atoms with Crippen LogP contribution in [0.5, 0.6) is 0 Å². The molecule has 0 radical (unpaired) electrons. The molecule has 0 aliphatic carbocycles. The molecule has 0 rings (SSSR count). The lowest BCUT2D eigenvalue weighted by Gasteiger charge is -2.15. The molecule has 0 aliphatic rings. The van der Waals surface area contributed by atoms with Gasteiger partial charge >= 0.3 is 0 Å². The van der Waals surface area contributed by atoms with E-state index in [1.165, 1.54) is 32.1 Å². The molecule has 0 spiro atoms. The summed E-state index contributed by atoms with van der Waals surface area (Å²) < 4.78 is 0. The summed E-state index contributed by atoms with van der Waals surface area (Å²) in [6.45, 7) is 6.31. The average molecular weight is 172 g/mol. The second-order valence-corrected chi connectivity index (χ2v) is 3.38. The van der Waals surface area contributed by atoms with Crippen molar-refractivity contribution in [2.75, 3.05) is 13.1 Å². The van der Waals surface area contributed by atoms with Crippen LogP contribution in [0.1, 0.15) is 46.0 Å². The van der Waals surface area contributed by atoms with Crippen LogP contribution in [0.2, 0.25) is 0 Å². The molecule has 0 saturated heterocycles. The molecule has 12 heavy (non-hydrogen) atoms. The molecule has 0 saturated carbocycles. The lowest BCUT2D eigenvalue weighted by molar-refractivity contribution is 0.465. The Morgan fingerprint density at radius 1 is 1.17 bits per heavy atom. The second-order valence-electron chi connectivity index (χ2n) is 3.38. The van der Waals surface area contributed by atoms with Crippen LogP contribution in [0, 0.1) is 0 Å². The molecule has 0 heterocycles. The van der Waals surface area contributed by atoms with Crippen molar-refractivity contribution in [3.8, 4) is 0 Å². The highest BCUT2D eigenvalue weighted by molar-refractivity contribution is 4.66. The normalized spacial score (nSPS) is 13.2. The van der Waals surface area contributed by atoms with Crippen LogP contribution in [0.15, 0.2) is 0 Å². The molecule has 74 valence electrons. The molecular weight excluding hydrogens is 148 g/mol. The Labute approximate surface area is 76.9 Å². The van der Waals surface area contributed by atoms with Crippen LogP contribution in [0.4, 0.5) is 0 Å². The molecule has 2 nitrogen and oxygen atoms in total. The van der Waals surface area contributed by atoms with Crippen molar-refractivity contribution < 1.29 is 0 Å². The highest BCUT2D eigenvalue weighted by atomic mass is 14.9. The number of hydrogen-bond acceptors (Lipinski definition) is 2. The summed E-state index contributed by atoms with van der Waals surface area (Å²) >= 11 is 0. The van der Waals surface area contributed by atoms with Gasteiger partial charge in [-0.2, -0.15) is 0 Å². The van der Waals surface area contributed by atoms with E-state index < -0.39 is 0 Å². The minimum absolute atomic E-state index is 0.552. The lowest BCUT2D eigenvalue weighted by atomic mass is 10.1. The van der Waals surface area contributed by atoms with Crippen LogP contribution in [0.3, 0.4) is 0 Å². The Hall–Kier alpha value is -0.0800. The monoisotopic (exact) mass is 172 g/mol. The fraction of sp³-hybridized carbons (Fsp3) is 1.00. The van der Waals surface area contributed by atoms with Crippen LogP contribution >= 0.6 is 0 Å². The van der Waals surface area contributed by atoms with E-state index >= 15 is 0 Å². The summed E-state index contributed by atoms with van der Waals surface area (Å²) in [5, 5.41) is 3.45. The molecule has 0 aliphatic heterocycles. The molecule has 2 heteroatoms. The zero-order valence-corrected chi connectivity index (χ0v) is 8.60. The first-order valence-electron chi connectivity index (χ1n) is 5.28. The van der Waals surface area contributed by atoms with E-state index in [0.29, 0.717) is 6.04 Å². The van der Waals surface area contributed by atoms with Gasteiger partial charge in [-0.15, -0.1) is 0 Å². The van der Waals surface area contributed by atoms with Gasteiger partial charge in [0.2, 0.25) is 0 Å². The summed E-state index contributed by atoms with van der Waals surface area (Å²) in [5.41, 5.74) is 5.63. The number of nitrogens with two attached hydrogens (primary N) is 1. The molecule has 0 bridgehead atoms. The van der Waals surface area contributed by atoms with E-state index in [2.05, 4.69) is 19.2 Å². The SMILES string of the molecule is CCCCCC(CN)NCCC. The van der Waals surface area contributed by atoms with Gasteiger partial charge in [-0.25, -0.2) is 0 Å². The third-order valence-electron chi connectivity index (χ3n) is 2.12. The van der Waals surface area contributed by atoms with E-state index in [1.807, 2.05) is 0 Å². The van der Waals surface area contributed by atoms with E-state index in [-0.39, 0.29) is 0 Å². The van der Waals surface area contributed by atoms with Gasteiger partial charge in [-0.05, 0) is 19.4 Å². The second kappa shape index (κ2) is 9.01. The Bertz CT molecular complexity index is 83.9.